The van der Waals surface area contributed by atoms with Crippen molar-refractivity contribution in [3.8, 4) is 0 Å². The van der Waals surface area contributed by atoms with Gasteiger partial charge < -0.3 is 10.2 Å². The number of carbonyl (C=O) groups is 1. The number of aliphatic hydroxyl groups is 1. The van der Waals surface area contributed by atoms with E-state index < -0.39 is 37.6 Å². The first-order valence-electron chi connectivity index (χ1n) is 5.05. The first-order chi connectivity index (χ1) is 8.65. The molecule has 0 amide bonds. The van der Waals surface area contributed by atoms with E-state index in [4.69, 9.17) is 33.4 Å². The Bertz CT molecular complexity index is 600. The molecule has 0 spiro atoms. The van der Waals surface area contributed by atoms with E-state index in [-0.39, 0.29) is 11.6 Å². The average Bonchev–Trinajstić information content (AvgIpc) is 2.28. The molecule has 1 aromatic rings. The molecule has 0 fully saturated rings. The Hall–Kier alpha value is -0.860. The van der Waals surface area contributed by atoms with Gasteiger partial charge in [-0.05, 0) is 19.1 Å². The molecule has 1 rings (SSSR count). The van der Waals surface area contributed by atoms with Crippen molar-refractivity contribution in [2.45, 2.75) is 17.9 Å². The number of hydrogen-bond acceptors (Lipinski definition) is 4. The minimum atomic E-state index is -4.05. The smallest absolute Gasteiger partial charge is 0.337 e. The topological polar surface area (TPSA) is 104 Å². The highest BCUT2D eigenvalue weighted by Gasteiger charge is 2.23. The van der Waals surface area contributed by atoms with E-state index >= 15 is 0 Å². The molecule has 0 bridgehead atoms. The number of aromatic carboxylic acids is 1. The molecule has 0 aliphatic heterocycles. The predicted octanol–water partition coefficient (Wildman–Crippen LogP) is 1.35. The van der Waals surface area contributed by atoms with E-state index in [0.29, 0.717) is 0 Å². The van der Waals surface area contributed by atoms with Gasteiger partial charge in [0.25, 0.3) is 0 Å². The van der Waals surface area contributed by atoms with Crippen LogP contribution >= 0.6 is 23.2 Å². The second-order valence-electron chi connectivity index (χ2n) is 3.77. The van der Waals surface area contributed by atoms with Crippen molar-refractivity contribution in [3.05, 3.63) is 27.7 Å². The van der Waals surface area contributed by atoms with E-state index in [2.05, 4.69) is 4.72 Å². The van der Waals surface area contributed by atoms with Crippen LogP contribution in [0.5, 0.6) is 0 Å². The highest BCUT2D eigenvalue weighted by molar-refractivity contribution is 7.89. The van der Waals surface area contributed by atoms with E-state index in [1.54, 1.807) is 0 Å². The third-order valence-corrected chi connectivity index (χ3v) is 4.28. The van der Waals surface area contributed by atoms with Gasteiger partial charge in [0.05, 0.1) is 16.7 Å². The Morgan fingerprint density at radius 1 is 1.42 bits per heavy atom. The second kappa shape index (κ2) is 6.06. The van der Waals surface area contributed by atoms with Gasteiger partial charge in [-0.2, -0.15) is 0 Å². The Morgan fingerprint density at radius 2 is 2.00 bits per heavy atom. The van der Waals surface area contributed by atoms with Gasteiger partial charge >= 0.3 is 5.97 Å². The predicted molar refractivity (Wildman–Crippen MR) is 70.3 cm³/mol. The van der Waals surface area contributed by atoms with Crippen molar-refractivity contribution in [3.63, 3.8) is 0 Å². The van der Waals surface area contributed by atoms with Crippen molar-refractivity contribution >= 4 is 39.2 Å². The minimum Gasteiger partial charge on any atom is -0.478 e. The minimum absolute atomic E-state index is 0.0702. The molecule has 0 heterocycles. The zero-order valence-electron chi connectivity index (χ0n) is 9.72. The maximum Gasteiger partial charge on any atom is 0.337 e. The number of aliphatic hydroxyl groups excluding tert-OH is 1. The molecule has 0 saturated carbocycles. The molecule has 1 unspecified atom stereocenters. The van der Waals surface area contributed by atoms with Crippen LogP contribution in [0.15, 0.2) is 17.0 Å². The van der Waals surface area contributed by atoms with Crippen molar-refractivity contribution in [2.75, 3.05) is 6.54 Å². The molecule has 1 aromatic carbocycles. The Balaban J connectivity index is 3.31. The summed E-state index contributed by atoms with van der Waals surface area (Å²) in [5, 5.41) is 17.4. The summed E-state index contributed by atoms with van der Waals surface area (Å²) in [4.78, 5) is 10.5. The summed E-state index contributed by atoms with van der Waals surface area (Å²) in [6, 6.07) is 2.10. The molecule has 6 nitrogen and oxygen atoms in total. The molecule has 0 aromatic heterocycles. The standard InChI is InChI=1S/C10H11Cl2NO5S/c1-5(14)4-13-19(17,18)8-3-6(11)2-7(9(8)12)10(15)16/h2-3,5,13-14H,4H2,1H3,(H,15,16). The lowest BCUT2D eigenvalue weighted by atomic mass is 10.2. The molecule has 0 aliphatic rings. The number of nitrogens with one attached hydrogen (secondary N) is 1. The maximum atomic E-state index is 11.9. The number of carboxylic acid groups (broad SMARTS) is 1. The lowest BCUT2D eigenvalue weighted by molar-refractivity contribution is 0.0697. The third kappa shape index (κ3) is 4.05. The van der Waals surface area contributed by atoms with Gasteiger partial charge in [0.2, 0.25) is 10.0 Å². The van der Waals surface area contributed by atoms with Crippen LogP contribution in [0, 0.1) is 0 Å². The van der Waals surface area contributed by atoms with Crippen molar-refractivity contribution in [2.24, 2.45) is 0 Å². The number of carboxylic acids is 1. The fourth-order valence-corrected chi connectivity index (χ4v) is 3.25. The van der Waals surface area contributed by atoms with Gasteiger partial charge in [0.15, 0.2) is 0 Å². The Morgan fingerprint density at radius 3 is 2.47 bits per heavy atom. The summed E-state index contributed by atoms with van der Waals surface area (Å²) in [5.74, 6) is -1.39. The fourth-order valence-electron chi connectivity index (χ4n) is 1.22. The van der Waals surface area contributed by atoms with Gasteiger partial charge in [0.1, 0.15) is 4.90 Å². The number of rotatable bonds is 5. The van der Waals surface area contributed by atoms with E-state index in [9.17, 15) is 13.2 Å². The van der Waals surface area contributed by atoms with Gasteiger partial charge in [0, 0.05) is 11.6 Å². The van der Waals surface area contributed by atoms with Crippen LogP contribution in [0.4, 0.5) is 0 Å². The zero-order valence-corrected chi connectivity index (χ0v) is 12.1. The van der Waals surface area contributed by atoms with Gasteiger partial charge in [-0.15, -0.1) is 0 Å². The largest absolute Gasteiger partial charge is 0.478 e. The summed E-state index contributed by atoms with van der Waals surface area (Å²) in [5.41, 5.74) is -0.411. The van der Waals surface area contributed by atoms with Crippen LogP contribution in [0.3, 0.4) is 0 Å². The van der Waals surface area contributed by atoms with E-state index in [1.807, 2.05) is 0 Å². The fraction of sp³-hybridized carbons (Fsp3) is 0.300. The molecule has 0 saturated heterocycles. The lowest BCUT2D eigenvalue weighted by Crippen LogP contribution is -2.31. The normalized spacial score (nSPS) is 13.3. The number of hydrogen-bond donors (Lipinski definition) is 3. The van der Waals surface area contributed by atoms with Crippen molar-refractivity contribution < 1.29 is 23.4 Å². The Labute approximate surface area is 120 Å². The molecule has 9 heteroatoms. The Kier molecular flexibility index (Phi) is 5.17. The van der Waals surface area contributed by atoms with Crippen LogP contribution in [-0.2, 0) is 10.0 Å². The van der Waals surface area contributed by atoms with Gasteiger partial charge in [-0.1, -0.05) is 23.2 Å². The molecule has 3 N–H and O–H groups in total. The summed E-state index contributed by atoms with van der Waals surface area (Å²) in [6.45, 7) is 1.17. The van der Waals surface area contributed by atoms with Gasteiger partial charge in [-0.3, -0.25) is 0 Å². The third-order valence-electron chi connectivity index (χ3n) is 2.09. The first-order valence-corrected chi connectivity index (χ1v) is 7.29. The monoisotopic (exact) mass is 327 g/mol. The lowest BCUT2D eigenvalue weighted by Gasteiger charge is -2.11. The van der Waals surface area contributed by atoms with Crippen LogP contribution in [0.2, 0.25) is 10.0 Å². The molecule has 1 atom stereocenters. The first kappa shape index (κ1) is 16.2. The number of halogens is 2. The maximum absolute atomic E-state index is 11.9. The summed E-state index contributed by atoms with van der Waals surface area (Å²) >= 11 is 11.4. The highest BCUT2D eigenvalue weighted by atomic mass is 35.5. The van der Waals surface area contributed by atoms with Crippen LogP contribution in [-0.4, -0.2) is 37.2 Å². The number of benzene rings is 1. The average molecular weight is 328 g/mol. The molecule has 0 radical (unpaired) electrons. The molecular formula is C10H11Cl2NO5S. The highest BCUT2D eigenvalue weighted by Crippen LogP contribution is 2.29. The van der Waals surface area contributed by atoms with Crippen molar-refractivity contribution in [1.82, 2.24) is 4.72 Å². The summed E-state index contributed by atoms with van der Waals surface area (Å²) in [7, 11) is -4.05. The molecular weight excluding hydrogens is 317 g/mol. The number of sulfonamides is 1. The van der Waals surface area contributed by atoms with E-state index in [1.165, 1.54) is 6.92 Å². The van der Waals surface area contributed by atoms with Crippen LogP contribution in [0.1, 0.15) is 17.3 Å². The van der Waals surface area contributed by atoms with Crippen LogP contribution in [0.25, 0.3) is 0 Å². The quantitative estimate of drug-likeness (QED) is 0.757. The van der Waals surface area contributed by atoms with Gasteiger partial charge in [-0.25, -0.2) is 17.9 Å². The molecule has 106 valence electrons. The summed E-state index contributed by atoms with van der Waals surface area (Å²) < 4.78 is 25.9. The summed E-state index contributed by atoms with van der Waals surface area (Å²) in [6.07, 6.45) is -0.897. The zero-order chi connectivity index (χ0) is 14.8. The second-order valence-corrected chi connectivity index (χ2v) is 6.32. The van der Waals surface area contributed by atoms with Crippen molar-refractivity contribution in [1.29, 1.82) is 0 Å². The molecule has 19 heavy (non-hydrogen) atoms. The van der Waals surface area contributed by atoms with E-state index in [0.717, 1.165) is 12.1 Å². The van der Waals surface area contributed by atoms with Crippen LogP contribution < -0.4 is 4.72 Å². The molecule has 0 aliphatic carbocycles. The SMILES string of the molecule is CC(O)CNS(=O)(=O)c1cc(Cl)cc(C(=O)O)c1Cl.